The molecule has 2 rings (SSSR count). The third kappa shape index (κ3) is 3.13. The predicted octanol–water partition coefficient (Wildman–Crippen LogP) is 3.39. The molecule has 0 radical (unpaired) electrons. The minimum Gasteiger partial charge on any atom is -0.481 e. The third-order valence-corrected chi connectivity index (χ3v) is 5.54. The first-order chi connectivity index (χ1) is 8.73. The number of carboxylic acids is 1. The molecule has 1 saturated carbocycles. The number of rotatable bonds is 2. The van der Waals surface area contributed by atoms with Gasteiger partial charge in [0, 0.05) is 6.04 Å². The highest BCUT2D eigenvalue weighted by molar-refractivity contribution is 5.74. The van der Waals surface area contributed by atoms with E-state index in [0.29, 0.717) is 11.5 Å². The van der Waals surface area contributed by atoms with Gasteiger partial charge in [-0.15, -0.1) is 0 Å². The zero-order chi connectivity index (χ0) is 14.3. The van der Waals surface area contributed by atoms with Crippen molar-refractivity contribution in [3.05, 3.63) is 0 Å². The summed E-state index contributed by atoms with van der Waals surface area (Å²) in [5, 5.41) is 9.30. The molecule has 2 fully saturated rings. The summed E-state index contributed by atoms with van der Waals surface area (Å²) in [7, 11) is 0. The Morgan fingerprint density at radius 2 is 1.74 bits per heavy atom. The van der Waals surface area contributed by atoms with Crippen LogP contribution >= 0.6 is 0 Å². The van der Waals surface area contributed by atoms with E-state index in [1.54, 1.807) is 0 Å². The largest absolute Gasteiger partial charge is 0.481 e. The van der Waals surface area contributed by atoms with Crippen LogP contribution in [-0.4, -0.2) is 35.1 Å². The van der Waals surface area contributed by atoms with Crippen LogP contribution in [0.5, 0.6) is 0 Å². The van der Waals surface area contributed by atoms with Gasteiger partial charge < -0.3 is 10.0 Å². The number of aliphatic carboxylic acids is 1. The molecular formula is C16H29NO2. The van der Waals surface area contributed by atoms with Gasteiger partial charge >= 0.3 is 5.97 Å². The molecule has 0 bridgehead atoms. The fourth-order valence-electron chi connectivity index (χ4n) is 4.04. The van der Waals surface area contributed by atoms with E-state index in [4.69, 9.17) is 0 Å². The Morgan fingerprint density at radius 3 is 2.21 bits per heavy atom. The quantitative estimate of drug-likeness (QED) is 0.833. The Balaban J connectivity index is 1.94. The first-order valence-electron chi connectivity index (χ1n) is 7.71. The predicted molar refractivity (Wildman–Crippen MR) is 77.1 cm³/mol. The number of carboxylic acid groups (broad SMARTS) is 1. The summed E-state index contributed by atoms with van der Waals surface area (Å²) in [4.78, 5) is 13.9. The lowest BCUT2D eigenvalue weighted by Gasteiger charge is -2.47. The summed E-state index contributed by atoms with van der Waals surface area (Å²) >= 11 is 0. The Hall–Kier alpha value is -0.570. The second kappa shape index (κ2) is 5.08. The molecule has 2 atom stereocenters. The summed E-state index contributed by atoms with van der Waals surface area (Å²) in [5.41, 5.74) is -0.00500. The van der Waals surface area contributed by atoms with E-state index in [0.717, 1.165) is 31.8 Å². The van der Waals surface area contributed by atoms with Crippen molar-refractivity contribution in [3.8, 4) is 0 Å². The minimum atomic E-state index is -0.620. The topological polar surface area (TPSA) is 40.5 Å². The molecule has 0 aromatic rings. The van der Waals surface area contributed by atoms with E-state index in [1.165, 1.54) is 19.3 Å². The number of hydrogen-bond acceptors (Lipinski definition) is 2. The molecule has 19 heavy (non-hydrogen) atoms. The molecule has 2 aliphatic rings. The average molecular weight is 267 g/mol. The summed E-state index contributed by atoms with van der Waals surface area (Å²) < 4.78 is 0. The second-order valence-corrected chi connectivity index (χ2v) is 7.85. The van der Waals surface area contributed by atoms with Crippen LogP contribution in [0.2, 0.25) is 0 Å². The van der Waals surface area contributed by atoms with Gasteiger partial charge in [-0.05, 0) is 63.5 Å². The van der Waals surface area contributed by atoms with E-state index >= 15 is 0 Å². The van der Waals surface area contributed by atoms with E-state index in [-0.39, 0.29) is 0 Å². The molecule has 1 aliphatic carbocycles. The zero-order valence-electron chi connectivity index (χ0n) is 12.9. The highest BCUT2D eigenvalue weighted by atomic mass is 16.4. The molecule has 1 saturated heterocycles. The van der Waals surface area contributed by atoms with Crippen molar-refractivity contribution in [2.24, 2.45) is 16.7 Å². The molecule has 110 valence electrons. The zero-order valence-corrected chi connectivity index (χ0v) is 12.9. The lowest BCUT2D eigenvalue weighted by atomic mass is 9.69. The molecule has 0 spiro atoms. The Kier molecular flexibility index (Phi) is 3.97. The highest BCUT2D eigenvalue weighted by Crippen LogP contribution is 2.42. The molecule has 1 aliphatic heterocycles. The molecular weight excluding hydrogens is 238 g/mol. The Labute approximate surface area is 117 Å². The number of carbonyl (C=O) groups is 1. The van der Waals surface area contributed by atoms with Gasteiger partial charge in [-0.25, -0.2) is 0 Å². The van der Waals surface area contributed by atoms with Gasteiger partial charge in [-0.2, -0.15) is 0 Å². The molecule has 3 heteroatoms. The Morgan fingerprint density at radius 1 is 1.16 bits per heavy atom. The van der Waals surface area contributed by atoms with E-state index < -0.39 is 11.4 Å². The van der Waals surface area contributed by atoms with Gasteiger partial charge in [0.15, 0.2) is 0 Å². The molecule has 0 aromatic carbocycles. The lowest BCUT2D eigenvalue weighted by Crippen LogP contribution is -2.51. The molecule has 3 nitrogen and oxygen atoms in total. The lowest BCUT2D eigenvalue weighted by molar-refractivity contribution is -0.151. The van der Waals surface area contributed by atoms with Crippen molar-refractivity contribution in [1.29, 1.82) is 0 Å². The number of nitrogens with zero attached hydrogens (tertiary/aromatic N) is 1. The van der Waals surface area contributed by atoms with Crippen LogP contribution in [0.15, 0.2) is 0 Å². The summed E-state index contributed by atoms with van der Waals surface area (Å²) in [6.07, 6.45) is 5.47. The van der Waals surface area contributed by atoms with Crippen molar-refractivity contribution >= 4 is 5.97 Å². The first kappa shape index (κ1) is 14.8. The number of likely N-dealkylation sites (tertiary alicyclic amines) is 1. The molecule has 1 N–H and O–H groups in total. The smallest absolute Gasteiger partial charge is 0.309 e. The van der Waals surface area contributed by atoms with Gasteiger partial charge in [-0.3, -0.25) is 4.79 Å². The van der Waals surface area contributed by atoms with Gasteiger partial charge in [0.1, 0.15) is 0 Å². The van der Waals surface area contributed by atoms with Gasteiger partial charge in [-0.1, -0.05) is 20.8 Å². The van der Waals surface area contributed by atoms with Gasteiger partial charge in [0.05, 0.1) is 5.41 Å². The maximum absolute atomic E-state index is 11.3. The van der Waals surface area contributed by atoms with Crippen molar-refractivity contribution in [1.82, 2.24) is 4.90 Å². The fraction of sp³-hybridized carbons (Fsp3) is 0.938. The standard InChI is InChI=1S/C16H29NO2/c1-12-11-15(2,3)6-5-13(12)17-9-7-16(4,8-10-17)14(18)19/h12-13H,5-11H2,1-4H3,(H,18,19). The van der Waals surface area contributed by atoms with Crippen LogP contribution in [0.4, 0.5) is 0 Å². The first-order valence-corrected chi connectivity index (χ1v) is 7.71. The summed E-state index contributed by atoms with van der Waals surface area (Å²) in [6.45, 7) is 10.9. The maximum Gasteiger partial charge on any atom is 0.309 e. The van der Waals surface area contributed by atoms with E-state index in [1.807, 2.05) is 6.92 Å². The van der Waals surface area contributed by atoms with Crippen LogP contribution in [-0.2, 0) is 4.79 Å². The summed E-state index contributed by atoms with van der Waals surface area (Å²) in [5.74, 6) is 0.114. The fourth-order valence-corrected chi connectivity index (χ4v) is 4.04. The van der Waals surface area contributed by atoms with E-state index in [2.05, 4.69) is 25.7 Å². The van der Waals surface area contributed by atoms with Gasteiger partial charge in [0.25, 0.3) is 0 Å². The highest BCUT2D eigenvalue weighted by Gasteiger charge is 2.41. The normalized spacial score (nSPS) is 34.9. The molecule has 0 aromatic heterocycles. The summed E-state index contributed by atoms with van der Waals surface area (Å²) in [6, 6.07) is 0.673. The van der Waals surface area contributed by atoms with Crippen molar-refractivity contribution in [2.45, 2.75) is 65.8 Å². The average Bonchev–Trinajstić information content (AvgIpc) is 2.29. The SMILES string of the molecule is CC1CC(C)(C)CCC1N1CCC(C)(C(=O)O)CC1. The number of piperidine rings is 1. The molecule has 1 heterocycles. The second-order valence-electron chi connectivity index (χ2n) is 7.85. The van der Waals surface area contributed by atoms with Crippen LogP contribution in [0, 0.1) is 16.7 Å². The maximum atomic E-state index is 11.3. The van der Waals surface area contributed by atoms with Crippen molar-refractivity contribution < 1.29 is 9.90 Å². The monoisotopic (exact) mass is 267 g/mol. The van der Waals surface area contributed by atoms with Gasteiger partial charge in [0.2, 0.25) is 0 Å². The number of hydrogen-bond donors (Lipinski definition) is 1. The Bertz CT molecular complexity index is 343. The van der Waals surface area contributed by atoms with Crippen molar-refractivity contribution in [3.63, 3.8) is 0 Å². The third-order valence-electron chi connectivity index (χ3n) is 5.54. The van der Waals surface area contributed by atoms with Crippen LogP contribution in [0.3, 0.4) is 0 Å². The molecule has 0 amide bonds. The van der Waals surface area contributed by atoms with Crippen LogP contribution in [0.1, 0.15) is 59.8 Å². The van der Waals surface area contributed by atoms with Crippen molar-refractivity contribution in [2.75, 3.05) is 13.1 Å². The van der Waals surface area contributed by atoms with Crippen LogP contribution in [0.25, 0.3) is 0 Å². The van der Waals surface area contributed by atoms with Crippen LogP contribution < -0.4 is 0 Å². The van der Waals surface area contributed by atoms with E-state index in [9.17, 15) is 9.90 Å². The minimum absolute atomic E-state index is 0.487. The molecule has 2 unspecified atom stereocenters.